The topological polar surface area (TPSA) is 78.3 Å². The Morgan fingerprint density at radius 2 is 1.97 bits per heavy atom. The molecule has 0 aliphatic carbocycles. The van der Waals surface area contributed by atoms with Crippen LogP contribution >= 0.6 is 11.3 Å². The predicted octanol–water partition coefficient (Wildman–Crippen LogP) is 5.82. The number of hydrogen-bond acceptors (Lipinski definition) is 7. The lowest BCUT2D eigenvalue weighted by atomic mass is 10.1. The van der Waals surface area contributed by atoms with Crippen LogP contribution in [0.4, 0.5) is 24.3 Å². The summed E-state index contributed by atoms with van der Waals surface area (Å²) in [5.41, 5.74) is 2.60. The lowest BCUT2D eigenvalue weighted by Crippen LogP contribution is -2.16. The summed E-state index contributed by atoms with van der Waals surface area (Å²) in [4.78, 5) is 21.4. The van der Waals surface area contributed by atoms with Gasteiger partial charge >= 0.3 is 6.36 Å². The molecule has 0 amide bonds. The monoisotopic (exact) mass is 478 g/mol. The van der Waals surface area contributed by atoms with E-state index in [1.165, 1.54) is 29.5 Å². The zero-order chi connectivity index (χ0) is 23.6. The molecule has 0 atom stereocenters. The normalized spacial score (nSPS) is 11.9. The standard InChI is InChI=1S/C22H21F3N4O3S/c1-3-31-10-4-5-18(30)13-6-9-17-16(11-13)26-20(29(17)2)28-21-27-15-8-7-14(12-19(15)33-21)32-22(23,24)25/h6-9,11-12H,3-5,10H2,1-2H3,(H,26,27,28). The first-order chi connectivity index (χ1) is 15.7. The Hall–Kier alpha value is -3.18. The van der Waals surface area contributed by atoms with Gasteiger partial charge < -0.3 is 19.4 Å². The Morgan fingerprint density at radius 3 is 2.73 bits per heavy atom. The number of aromatic nitrogens is 3. The van der Waals surface area contributed by atoms with Crippen LogP contribution in [0.5, 0.6) is 5.75 Å². The van der Waals surface area contributed by atoms with Crippen molar-refractivity contribution >= 4 is 49.4 Å². The second kappa shape index (κ2) is 9.36. The van der Waals surface area contributed by atoms with Crippen molar-refractivity contribution in [1.29, 1.82) is 0 Å². The Labute approximate surface area is 191 Å². The van der Waals surface area contributed by atoms with Gasteiger partial charge in [0.2, 0.25) is 5.95 Å². The molecule has 7 nitrogen and oxygen atoms in total. The average Bonchev–Trinajstić information content (AvgIpc) is 3.29. The number of anilines is 2. The first-order valence-electron chi connectivity index (χ1n) is 10.2. The number of nitrogens with one attached hydrogen (secondary N) is 1. The number of thiazole rings is 1. The maximum Gasteiger partial charge on any atom is 0.573 e. The van der Waals surface area contributed by atoms with Gasteiger partial charge in [0.1, 0.15) is 5.75 Å². The molecule has 0 aliphatic heterocycles. The molecule has 4 aromatic rings. The highest BCUT2D eigenvalue weighted by molar-refractivity contribution is 7.22. The maximum absolute atomic E-state index is 12.5. The van der Waals surface area contributed by atoms with Crippen molar-refractivity contribution in [2.75, 3.05) is 18.5 Å². The summed E-state index contributed by atoms with van der Waals surface area (Å²) in [5, 5.41) is 3.58. The largest absolute Gasteiger partial charge is 0.573 e. The maximum atomic E-state index is 12.5. The number of imidazole rings is 1. The Morgan fingerprint density at radius 1 is 1.15 bits per heavy atom. The van der Waals surface area contributed by atoms with E-state index < -0.39 is 6.36 Å². The summed E-state index contributed by atoms with van der Waals surface area (Å²) in [6.07, 6.45) is -3.70. The molecule has 174 valence electrons. The predicted molar refractivity (Wildman–Crippen MR) is 120 cm³/mol. The van der Waals surface area contributed by atoms with Crippen molar-refractivity contribution in [2.24, 2.45) is 7.05 Å². The molecule has 0 aliphatic rings. The van der Waals surface area contributed by atoms with E-state index >= 15 is 0 Å². The molecule has 33 heavy (non-hydrogen) atoms. The molecule has 4 rings (SSSR count). The number of halogens is 3. The van der Waals surface area contributed by atoms with Crippen LogP contribution in [0.1, 0.15) is 30.1 Å². The minimum absolute atomic E-state index is 0.0276. The van der Waals surface area contributed by atoms with Crippen LogP contribution in [0.3, 0.4) is 0 Å². The van der Waals surface area contributed by atoms with E-state index in [0.29, 0.717) is 58.4 Å². The van der Waals surface area contributed by atoms with Gasteiger partial charge in [-0.1, -0.05) is 11.3 Å². The average molecular weight is 478 g/mol. The molecule has 0 saturated heterocycles. The number of fused-ring (bicyclic) bond motifs is 2. The highest BCUT2D eigenvalue weighted by Crippen LogP contribution is 2.33. The molecule has 1 N–H and O–H groups in total. The van der Waals surface area contributed by atoms with Crippen LogP contribution in [-0.2, 0) is 11.8 Å². The van der Waals surface area contributed by atoms with Crippen LogP contribution in [0.25, 0.3) is 21.3 Å². The molecule has 0 saturated carbocycles. The Balaban J connectivity index is 1.53. The van der Waals surface area contributed by atoms with Gasteiger partial charge in [-0.2, -0.15) is 0 Å². The number of Topliss-reactive ketones (excluding diaryl/α,β-unsaturated/α-hetero) is 1. The fourth-order valence-corrected chi connectivity index (χ4v) is 4.25. The number of rotatable bonds is 9. The van der Waals surface area contributed by atoms with Crippen LogP contribution in [-0.4, -0.2) is 39.9 Å². The van der Waals surface area contributed by atoms with Gasteiger partial charge in [0.05, 0.1) is 21.3 Å². The zero-order valence-corrected chi connectivity index (χ0v) is 18.7. The molecule has 11 heteroatoms. The minimum atomic E-state index is -4.75. The number of aryl methyl sites for hydroxylation is 1. The third-order valence-electron chi connectivity index (χ3n) is 4.91. The number of carbonyl (C=O) groups is 1. The molecule has 2 heterocycles. The molecule has 0 radical (unpaired) electrons. The number of ketones is 1. The van der Waals surface area contributed by atoms with Crippen LogP contribution in [0, 0.1) is 0 Å². The van der Waals surface area contributed by atoms with Crippen LogP contribution in [0.2, 0.25) is 0 Å². The smallest absolute Gasteiger partial charge is 0.406 e. The Bertz CT molecular complexity index is 1300. The quantitative estimate of drug-likeness (QED) is 0.241. The molecular formula is C22H21F3N4O3S. The minimum Gasteiger partial charge on any atom is -0.406 e. The molecule has 0 unspecified atom stereocenters. The van der Waals surface area contributed by atoms with Crippen molar-refractivity contribution in [3.63, 3.8) is 0 Å². The molecule has 2 aromatic carbocycles. The summed E-state index contributed by atoms with van der Waals surface area (Å²) < 4.78 is 49.0. The summed E-state index contributed by atoms with van der Waals surface area (Å²) in [6, 6.07) is 9.35. The van der Waals surface area contributed by atoms with E-state index in [-0.39, 0.29) is 11.5 Å². The lowest BCUT2D eigenvalue weighted by Gasteiger charge is -2.07. The second-order valence-corrected chi connectivity index (χ2v) is 8.27. The summed E-state index contributed by atoms with van der Waals surface area (Å²) in [7, 11) is 1.82. The lowest BCUT2D eigenvalue weighted by molar-refractivity contribution is -0.274. The highest BCUT2D eigenvalue weighted by atomic mass is 32.1. The SMILES string of the molecule is CCOCCCC(=O)c1ccc2c(c1)nc(Nc1nc3ccc(OC(F)(F)F)cc3s1)n2C. The third kappa shape index (κ3) is 5.42. The fraction of sp³-hybridized carbons (Fsp3) is 0.318. The van der Waals surface area contributed by atoms with Crippen molar-refractivity contribution in [3.05, 3.63) is 42.0 Å². The molecule has 0 bridgehead atoms. The van der Waals surface area contributed by atoms with Crippen molar-refractivity contribution < 1.29 is 27.4 Å². The van der Waals surface area contributed by atoms with Gasteiger partial charge in [0, 0.05) is 38.3 Å². The van der Waals surface area contributed by atoms with Gasteiger partial charge in [-0.15, -0.1) is 13.2 Å². The van der Waals surface area contributed by atoms with Crippen molar-refractivity contribution in [2.45, 2.75) is 26.1 Å². The van der Waals surface area contributed by atoms with E-state index in [9.17, 15) is 18.0 Å². The summed E-state index contributed by atoms with van der Waals surface area (Å²) >= 11 is 1.18. The summed E-state index contributed by atoms with van der Waals surface area (Å²) in [5.74, 6) is 0.225. The van der Waals surface area contributed by atoms with Gasteiger partial charge in [0.25, 0.3) is 0 Å². The van der Waals surface area contributed by atoms with Gasteiger partial charge in [-0.3, -0.25) is 4.79 Å². The molecular weight excluding hydrogens is 457 g/mol. The molecule has 0 spiro atoms. The third-order valence-corrected chi connectivity index (χ3v) is 5.85. The number of carbonyl (C=O) groups excluding carboxylic acids is 1. The highest BCUT2D eigenvalue weighted by Gasteiger charge is 2.31. The number of benzene rings is 2. The number of hydrogen-bond donors (Lipinski definition) is 1. The molecule has 0 fully saturated rings. The number of ether oxygens (including phenoxy) is 2. The van der Waals surface area contributed by atoms with Crippen molar-refractivity contribution in [1.82, 2.24) is 14.5 Å². The van der Waals surface area contributed by atoms with Gasteiger partial charge in [-0.25, -0.2) is 9.97 Å². The first kappa shape index (κ1) is 23.0. The fourth-order valence-electron chi connectivity index (χ4n) is 3.36. The summed E-state index contributed by atoms with van der Waals surface area (Å²) in [6.45, 7) is 3.09. The van der Waals surface area contributed by atoms with Gasteiger partial charge in [0.15, 0.2) is 10.9 Å². The molecule has 2 aromatic heterocycles. The zero-order valence-electron chi connectivity index (χ0n) is 17.9. The van der Waals surface area contributed by atoms with E-state index in [1.807, 2.05) is 24.6 Å². The van der Waals surface area contributed by atoms with E-state index in [4.69, 9.17) is 4.74 Å². The van der Waals surface area contributed by atoms with E-state index in [0.717, 1.165) is 5.52 Å². The van der Waals surface area contributed by atoms with Crippen molar-refractivity contribution in [3.8, 4) is 5.75 Å². The number of alkyl halides is 3. The first-order valence-corrected chi connectivity index (χ1v) is 11.1. The second-order valence-electron chi connectivity index (χ2n) is 7.24. The van der Waals surface area contributed by atoms with Gasteiger partial charge in [-0.05, 0) is 43.7 Å². The van der Waals surface area contributed by atoms with E-state index in [2.05, 4.69) is 20.0 Å². The van der Waals surface area contributed by atoms with Crippen LogP contribution in [0.15, 0.2) is 36.4 Å². The number of nitrogens with zero attached hydrogens (tertiary/aromatic N) is 3. The van der Waals surface area contributed by atoms with Crippen LogP contribution < -0.4 is 10.1 Å². The van der Waals surface area contributed by atoms with E-state index in [1.54, 1.807) is 12.1 Å². The Kier molecular flexibility index (Phi) is 6.52.